The van der Waals surface area contributed by atoms with Crippen LogP contribution < -0.4 is 11.1 Å². The number of rotatable bonds is 16. The maximum atomic E-state index is 15.4. The highest BCUT2D eigenvalue weighted by atomic mass is 16.3. The number of nitrogens with one attached hydrogen (secondary N) is 1. The number of amides is 2. The van der Waals surface area contributed by atoms with Crippen molar-refractivity contribution in [3.63, 3.8) is 0 Å². The molecule has 2 saturated heterocycles. The number of aromatic hydroxyl groups is 1. The Bertz CT molecular complexity index is 3580. The molecule has 19 heteroatoms. The van der Waals surface area contributed by atoms with Gasteiger partial charge < -0.3 is 33.8 Å². The molecule has 2 aliphatic heterocycles. The molecule has 0 bridgehead atoms. The lowest BCUT2D eigenvalue weighted by atomic mass is 9.99. The number of H-pyrrole nitrogens is 1. The van der Waals surface area contributed by atoms with Gasteiger partial charge in [-0.05, 0) is 109 Å². The highest BCUT2D eigenvalue weighted by molar-refractivity contribution is 5.93. The molecule has 2 N–H and O–H groups in total. The number of benzene rings is 3. The molecule has 71 heavy (non-hydrogen) atoms. The molecule has 2 aliphatic rings. The maximum absolute atomic E-state index is 15.4. The number of aryl methyl sites for hydroxylation is 4. The van der Waals surface area contributed by atoms with E-state index >= 15 is 4.79 Å². The summed E-state index contributed by atoms with van der Waals surface area (Å²) < 4.78 is 7.19. The summed E-state index contributed by atoms with van der Waals surface area (Å²) in [6.45, 7) is 15.5. The van der Waals surface area contributed by atoms with Crippen LogP contribution in [0.25, 0.3) is 55.4 Å². The number of nitrogens with zero attached hydrogens (tertiary/aromatic N) is 13. The Morgan fingerprint density at radius 3 is 1.90 bits per heavy atom. The first-order chi connectivity index (χ1) is 34.1. The minimum Gasteiger partial charge on any atom is -0.508 e. The van der Waals surface area contributed by atoms with Crippen LogP contribution in [0, 0.1) is 13.8 Å². The molecule has 8 aromatic rings. The molecule has 0 aliphatic carbocycles. The van der Waals surface area contributed by atoms with Crippen LogP contribution in [0.2, 0.25) is 0 Å². The lowest BCUT2D eigenvalue weighted by Crippen LogP contribution is -2.48. The number of carbonyl (C=O) groups is 2. The minimum atomic E-state index is -0.321. The van der Waals surface area contributed by atoms with Crippen LogP contribution in [-0.4, -0.2) is 152 Å². The molecule has 3 aromatic carbocycles. The van der Waals surface area contributed by atoms with Gasteiger partial charge in [0.2, 0.25) is 11.8 Å². The van der Waals surface area contributed by atoms with E-state index in [0.717, 1.165) is 48.0 Å². The highest BCUT2D eigenvalue weighted by Gasteiger charge is 2.37. The number of aromatic amines is 1. The number of carbonyl (C=O) groups excluding carboxylic acids is 2. The van der Waals surface area contributed by atoms with Crippen molar-refractivity contribution in [1.82, 2.24) is 68.0 Å². The van der Waals surface area contributed by atoms with E-state index in [0.29, 0.717) is 107 Å². The Balaban J connectivity index is 1.09. The Morgan fingerprint density at radius 1 is 0.746 bits per heavy atom. The van der Waals surface area contributed by atoms with E-state index in [1.165, 1.54) is 16.7 Å². The smallest absolute Gasteiger partial charge is 0.284 e. The van der Waals surface area contributed by atoms with Gasteiger partial charge in [-0.15, -0.1) is 0 Å². The first-order valence-electron chi connectivity index (χ1n) is 24.0. The van der Waals surface area contributed by atoms with E-state index < -0.39 is 0 Å². The summed E-state index contributed by atoms with van der Waals surface area (Å²) >= 11 is 0. The molecule has 0 saturated carbocycles. The molecule has 10 rings (SSSR count). The monoisotopic (exact) mass is 958 g/mol. The Hall–Kier alpha value is -7.77. The van der Waals surface area contributed by atoms with Gasteiger partial charge in [-0.3, -0.25) is 33.4 Å². The van der Waals surface area contributed by atoms with E-state index in [2.05, 4.69) is 33.2 Å². The fraction of sp³-hybridized carbons (Fsp3) is 0.365. The number of imidazole rings is 2. The van der Waals surface area contributed by atoms with Crippen molar-refractivity contribution >= 4 is 55.8 Å². The molecule has 0 spiro atoms. The number of hydrogen-bond donors (Lipinski definition) is 2. The summed E-state index contributed by atoms with van der Waals surface area (Å²) in [5.74, 6) is 1.77. The predicted molar refractivity (Wildman–Crippen MR) is 273 cm³/mol. The summed E-state index contributed by atoms with van der Waals surface area (Å²) in [5, 5.41) is 20.9. The summed E-state index contributed by atoms with van der Waals surface area (Å²) in [6.07, 6.45) is 6.05. The van der Waals surface area contributed by atoms with Crippen molar-refractivity contribution in [2.45, 2.75) is 58.0 Å². The average molecular weight is 959 g/mol. The van der Waals surface area contributed by atoms with Crippen LogP contribution in [0.15, 0.2) is 83.6 Å². The first-order valence-corrected chi connectivity index (χ1v) is 24.0. The molecule has 19 nitrogen and oxygen atoms in total. The SMILES string of the molecule is C=CC(=O)N1CC(c2nc3nc(C)n(-c4cc(O)cc5cc(Cc6nc7nc(C8CN(C(=O)C=C)C8)n(CCCN(C)C)c7c(=O)n6-c6c(C)ccc7[nH]ncc67)ccc45)c(=O)c3n2CCCN(C)C)C1. The number of aromatic nitrogens is 10. The van der Waals surface area contributed by atoms with Crippen molar-refractivity contribution in [1.29, 1.82) is 0 Å². The maximum Gasteiger partial charge on any atom is 0.284 e. The van der Waals surface area contributed by atoms with E-state index in [4.69, 9.17) is 19.9 Å². The quantitative estimate of drug-likeness (QED) is 0.128. The van der Waals surface area contributed by atoms with E-state index in [1.54, 1.807) is 39.6 Å². The third-order valence-corrected chi connectivity index (χ3v) is 13.9. The Kier molecular flexibility index (Phi) is 12.2. The van der Waals surface area contributed by atoms with Gasteiger partial charge in [0.25, 0.3) is 11.1 Å². The highest BCUT2D eigenvalue weighted by Crippen LogP contribution is 2.34. The zero-order valence-electron chi connectivity index (χ0n) is 41.0. The van der Waals surface area contributed by atoms with Crippen LogP contribution in [0.5, 0.6) is 5.75 Å². The first kappa shape index (κ1) is 46.9. The zero-order chi connectivity index (χ0) is 50.0. The molecular formula is C52H58N14O5. The van der Waals surface area contributed by atoms with Crippen molar-refractivity contribution < 1.29 is 14.7 Å². The van der Waals surface area contributed by atoms with Crippen LogP contribution in [0.3, 0.4) is 0 Å². The largest absolute Gasteiger partial charge is 0.508 e. The lowest BCUT2D eigenvalue weighted by molar-refractivity contribution is -0.131. The van der Waals surface area contributed by atoms with E-state index in [-0.39, 0.29) is 46.9 Å². The van der Waals surface area contributed by atoms with Crippen LogP contribution >= 0.6 is 0 Å². The normalized spacial score (nSPS) is 14.4. The standard InChI is InChI=1S/C52H58N14O5/c1-9-42(68)61-26-34(27-61)49-56-47-45(63(49)19-11-17-59(5)6)51(70)65(31(4)54-47)40-24-36(67)23-33-21-32(14-15-37(33)40)22-41-55-48-46(52(71)66(41)44-30(3)13-16-39-38(44)25-53-58-39)64(20-12-18-60(7)8)50(57-48)35-28-62(29-35)43(69)10-2/h9-10,13-16,21,23-25,34-35,67H,1-2,11-12,17-20,22,26-29H2,3-8H3,(H,53,58). The summed E-state index contributed by atoms with van der Waals surface area (Å²) in [6, 6.07) is 12.9. The van der Waals surface area contributed by atoms with Gasteiger partial charge in [0.1, 0.15) is 29.0 Å². The van der Waals surface area contributed by atoms with E-state index in [1.807, 2.05) is 74.6 Å². The Labute approximate surface area is 409 Å². The molecule has 2 amide bonds. The molecule has 7 heterocycles. The number of hydrogen-bond acceptors (Lipinski definition) is 12. The van der Waals surface area contributed by atoms with Crippen LogP contribution in [0.1, 0.15) is 59.1 Å². The summed E-state index contributed by atoms with van der Waals surface area (Å²) in [4.78, 5) is 83.0. The second-order valence-corrected chi connectivity index (χ2v) is 19.4. The minimum absolute atomic E-state index is 0.0481. The fourth-order valence-corrected chi connectivity index (χ4v) is 10.3. The van der Waals surface area contributed by atoms with Crippen molar-refractivity contribution in [2.24, 2.45) is 0 Å². The molecule has 366 valence electrons. The summed E-state index contributed by atoms with van der Waals surface area (Å²) in [5.41, 5.74) is 4.33. The van der Waals surface area contributed by atoms with Crippen LogP contribution in [-0.2, 0) is 29.1 Å². The number of phenolic OH excluding ortho intramolecular Hbond substituents is 1. The van der Waals surface area contributed by atoms with Crippen molar-refractivity contribution in [3.8, 4) is 17.1 Å². The van der Waals surface area contributed by atoms with Gasteiger partial charge in [-0.2, -0.15) is 5.10 Å². The number of fused-ring (bicyclic) bond motifs is 4. The molecule has 0 atom stereocenters. The van der Waals surface area contributed by atoms with E-state index in [9.17, 15) is 19.5 Å². The van der Waals surface area contributed by atoms with Crippen molar-refractivity contribution in [2.75, 3.05) is 67.5 Å². The number of likely N-dealkylation sites (tertiary alicyclic amines) is 2. The lowest BCUT2D eigenvalue weighted by Gasteiger charge is -2.38. The fourth-order valence-electron chi connectivity index (χ4n) is 10.3. The van der Waals surface area contributed by atoms with Gasteiger partial charge in [0, 0.05) is 62.5 Å². The molecule has 5 aromatic heterocycles. The van der Waals surface area contributed by atoms with Crippen LogP contribution in [0.4, 0.5) is 0 Å². The van der Waals surface area contributed by atoms with Gasteiger partial charge >= 0.3 is 0 Å². The van der Waals surface area contributed by atoms with Gasteiger partial charge in [0.15, 0.2) is 22.3 Å². The molecule has 0 unspecified atom stereocenters. The second kappa shape index (κ2) is 18.5. The third kappa shape index (κ3) is 8.37. The van der Waals surface area contributed by atoms with Gasteiger partial charge in [-0.25, -0.2) is 19.9 Å². The predicted octanol–water partition coefficient (Wildman–Crippen LogP) is 4.55. The molecular weight excluding hydrogens is 901 g/mol. The molecule has 0 radical (unpaired) electrons. The Morgan fingerprint density at radius 2 is 1.32 bits per heavy atom. The topological polar surface area (TPSA) is 201 Å². The third-order valence-electron chi connectivity index (χ3n) is 13.9. The van der Waals surface area contributed by atoms with Gasteiger partial charge in [-0.1, -0.05) is 37.4 Å². The number of phenols is 1. The molecule has 2 fully saturated rings. The second-order valence-electron chi connectivity index (χ2n) is 19.4. The van der Waals surface area contributed by atoms with Crippen molar-refractivity contribution in [3.05, 3.63) is 129 Å². The van der Waals surface area contributed by atoms with Gasteiger partial charge in [0.05, 0.1) is 34.9 Å². The zero-order valence-corrected chi connectivity index (χ0v) is 41.0. The average Bonchev–Trinajstić information content (AvgIpc) is 4.01. The summed E-state index contributed by atoms with van der Waals surface area (Å²) in [7, 11) is 8.03.